The van der Waals surface area contributed by atoms with Crippen molar-refractivity contribution in [1.82, 2.24) is 9.62 Å². The standard InChI is InChI=1S/C20H27N5O4S/c1-4-23-9-11-24(12-10-23)19-8-5-16(13-15(19)2)22-18-7-6-17(30(28,29)21-3)14-20(18)25(26)27/h5-8,13-14,21-22H,4,9-12H2,1-3H3. The molecule has 0 radical (unpaired) electrons. The van der Waals surface area contributed by atoms with Gasteiger partial charge in [0.2, 0.25) is 10.0 Å². The summed E-state index contributed by atoms with van der Waals surface area (Å²) in [5, 5.41) is 14.6. The van der Waals surface area contributed by atoms with E-state index >= 15 is 0 Å². The number of benzene rings is 2. The average Bonchev–Trinajstić information content (AvgIpc) is 2.74. The minimum Gasteiger partial charge on any atom is -0.369 e. The second kappa shape index (κ2) is 8.99. The third kappa shape index (κ3) is 4.72. The van der Waals surface area contributed by atoms with E-state index in [1.807, 2.05) is 25.1 Å². The van der Waals surface area contributed by atoms with Gasteiger partial charge in [-0.25, -0.2) is 13.1 Å². The zero-order valence-electron chi connectivity index (χ0n) is 17.4. The van der Waals surface area contributed by atoms with Crippen LogP contribution in [0.2, 0.25) is 0 Å². The number of anilines is 3. The highest BCUT2D eigenvalue weighted by Gasteiger charge is 2.21. The van der Waals surface area contributed by atoms with Crippen molar-refractivity contribution in [2.45, 2.75) is 18.7 Å². The quantitative estimate of drug-likeness (QED) is 0.510. The first-order valence-corrected chi connectivity index (χ1v) is 11.3. The van der Waals surface area contributed by atoms with Crippen LogP contribution in [0.15, 0.2) is 41.3 Å². The smallest absolute Gasteiger partial charge is 0.294 e. The van der Waals surface area contributed by atoms with E-state index in [9.17, 15) is 18.5 Å². The number of piperazine rings is 1. The third-order valence-electron chi connectivity index (χ3n) is 5.38. The maximum absolute atomic E-state index is 12.0. The number of nitrogens with one attached hydrogen (secondary N) is 2. The summed E-state index contributed by atoms with van der Waals surface area (Å²) in [5.74, 6) is 0. The summed E-state index contributed by atoms with van der Waals surface area (Å²) < 4.78 is 26.1. The number of nitro benzene ring substituents is 1. The van der Waals surface area contributed by atoms with Crippen LogP contribution in [-0.2, 0) is 10.0 Å². The van der Waals surface area contributed by atoms with Crippen molar-refractivity contribution in [3.8, 4) is 0 Å². The highest BCUT2D eigenvalue weighted by molar-refractivity contribution is 7.89. The van der Waals surface area contributed by atoms with Gasteiger partial charge in [-0.15, -0.1) is 0 Å². The molecule has 0 atom stereocenters. The van der Waals surface area contributed by atoms with E-state index in [1.54, 1.807) is 0 Å². The fraction of sp³-hybridized carbons (Fsp3) is 0.400. The second-order valence-corrected chi connectivity index (χ2v) is 9.08. The number of nitro groups is 1. The highest BCUT2D eigenvalue weighted by Crippen LogP contribution is 2.32. The number of rotatable bonds is 7. The summed E-state index contributed by atoms with van der Waals surface area (Å²) in [5.41, 5.74) is 2.86. The molecule has 0 aromatic heterocycles. The van der Waals surface area contributed by atoms with Crippen LogP contribution in [0, 0.1) is 17.0 Å². The first kappa shape index (κ1) is 22.0. The number of nitrogens with zero attached hydrogens (tertiary/aromatic N) is 3. The SMILES string of the molecule is CCN1CCN(c2ccc(Nc3ccc(S(=O)(=O)NC)cc3[N+](=O)[O-])cc2C)CC1. The Morgan fingerprint density at radius 1 is 1.10 bits per heavy atom. The molecule has 1 aliphatic heterocycles. The minimum absolute atomic E-state index is 0.153. The lowest BCUT2D eigenvalue weighted by Gasteiger charge is -2.36. The maximum atomic E-state index is 12.0. The van der Waals surface area contributed by atoms with E-state index in [0.29, 0.717) is 5.69 Å². The number of likely N-dealkylation sites (N-methyl/N-ethyl adjacent to an activating group) is 1. The van der Waals surface area contributed by atoms with E-state index in [1.165, 1.54) is 19.2 Å². The van der Waals surface area contributed by atoms with Crippen molar-refractivity contribution in [2.75, 3.05) is 50.0 Å². The topological polar surface area (TPSA) is 108 Å². The number of hydrogen-bond acceptors (Lipinski definition) is 7. The maximum Gasteiger partial charge on any atom is 0.294 e. The molecule has 0 aliphatic carbocycles. The van der Waals surface area contributed by atoms with Crippen LogP contribution in [0.4, 0.5) is 22.7 Å². The summed E-state index contributed by atoms with van der Waals surface area (Å²) in [7, 11) is -2.50. The summed E-state index contributed by atoms with van der Waals surface area (Å²) in [6.07, 6.45) is 0. The second-order valence-electron chi connectivity index (χ2n) is 7.19. The molecule has 1 aliphatic rings. The normalized spacial score (nSPS) is 15.2. The van der Waals surface area contributed by atoms with Crippen LogP contribution in [0.3, 0.4) is 0 Å². The van der Waals surface area contributed by atoms with Crippen molar-refractivity contribution in [1.29, 1.82) is 0 Å². The predicted octanol–water partition coefficient (Wildman–Crippen LogP) is 2.70. The molecule has 3 rings (SSSR count). The Kier molecular flexibility index (Phi) is 6.59. The van der Waals surface area contributed by atoms with Crippen LogP contribution < -0.4 is 14.9 Å². The summed E-state index contributed by atoms with van der Waals surface area (Å²) in [6.45, 7) is 9.24. The molecule has 1 saturated heterocycles. The van der Waals surface area contributed by atoms with Crippen LogP contribution in [-0.4, -0.2) is 58.0 Å². The van der Waals surface area contributed by atoms with Gasteiger partial charge in [0.15, 0.2) is 0 Å². The lowest BCUT2D eigenvalue weighted by Crippen LogP contribution is -2.46. The average molecular weight is 434 g/mol. The molecule has 2 aromatic carbocycles. The van der Waals surface area contributed by atoms with Gasteiger partial charge in [0, 0.05) is 43.6 Å². The molecule has 0 spiro atoms. The highest BCUT2D eigenvalue weighted by atomic mass is 32.2. The predicted molar refractivity (Wildman–Crippen MR) is 118 cm³/mol. The van der Waals surface area contributed by atoms with Gasteiger partial charge < -0.3 is 15.1 Å². The van der Waals surface area contributed by atoms with E-state index in [2.05, 4.69) is 26.8 Å². The van der Waals surface area contributed by atoms with Gasteiger partial charge in [0.05, 0.1) is 9.82 Å². The van der Waals surface area contributed by atoms with Gasteiger partial charge in [-0.05, 0) is 56.4 Å². The van der Waals surface area contributed by atoms with Crippen molar-refractivity contribution >= 4 is 32.8 Å². The van der Waals surface area contributed by atoms with Gasteiger partial charge in [0.25, 0.3) is 5.69 Å². The van der Waals surface area contributed by atoms with Crippen molar-refractivity contribution in [3.63, 3.8) is 0 Å². The van der Waals surface area contributed by atoms with Crippen molar-refractivity contribution < 1.29 is 13.3 Å². The first-order valence-electron chi connectivity index (χ1n) is 9.82. The molecule has 0 unspecified atom stereocenters. The molecule has 0 bridgehead atoms. The van der Waals surface area contributed by atoms with Gasteiger partial charge in [-0.3, -0.25) is 10.1 Å². The number of hydrogen-bond donors (Lipinski definition) is 2. The Morgan fingerprint density at radius 3 is 2.37 bits per heavy atom. The number of aryl methyl sites for hydroxylation is 1. The fourth-order valence-corrected chi connectivity index (χ4v) is 4.35. The van der Waals surface area contributed by atoms with Crippen molar-refractivity contribution in [2.24, 2.45) is 0 Å². The van der Waals surface area contributed by atoms with Gasteiger partial charge in [-0.1, -0.05) is 6.92 Å². The van der Waals surface area contributed by atoms with E-state index < -0.39 is 14.9 Å². The van der Waals surface area contributed by atoms with Crippen LogP contribution in [0.5, 0.6) is 0 Å². The number of sulfonamides is 1. The molecular formula is C20H27N5O4S. The first-order chi connectivity index (χ1) is 14.2. The van der Waals surface area contributed by atoms with Gasteiger partial charge in [0.1, 0.15) is 5.69 Å². The van der Waals surface area contributed by atoms with Gasteiger partial charge >= 0.3 is 0 Å². The Labute approximate surface area is 176 Å². The Bertz CT molecular complexity index is 1030. The molecular weight excluding hydrogens is 406 g/mol. The molecule has 9 nitrogen and oxygen atoms in total. The lowest BCUT2D eigenvalue weighted by atomic mass is 10.1. The Hall–Kier alpha value is -2.69. The summed E-state index contributed by atoms with van der Waals surface area (Å²) >= 11 is 0. The van der Waals surface area contributed by atoms with E-state index in [-0.39, 0.29) is 16.3 Å². The molecule has 1 fully saturated rings. The Morgan fingerprint density at radius 2 is 1.80 bits per heavy atom. The molecule has 2 N–H and O–H groups in total. The third-order valence-corrected chi connectivity index (χ3v) is 6.79. The molecule has 30 heavy (non-hydrogen) atoms. The largest absolute Gasteiger partial charge is 0.369 e. The molecule has 2 aromatic rings. The molecule has 0 amide bonds. The van der Waals surface area contributed by atoms with E-state index in [0.717, 1.165) is 50.0 Å². The van der Waals surface area contributed by atoms with Crippen molar-refractivity contribution in [3.05, 3.63) is 52.1 Å². The Balaban J connectivity index is 1.83. The monoisotopic (exact) mass is 433 g/mol. The van der Waals surface area contributed by atoms with Crippen LogP contribution in [0.1, 0.15) is 12.5 Å². The van der Waals surface area contributed by atoms with Gasteiger partial charge in [-0.2, -0.15) is 0 Å². The van der Waals surface area contributed by atoms with Crippen LogP contribution in [0.25, 0.3) is 0 Å². The molecule has 1 heterocycles. The minimum atomic E-state index is -3.77. The molecule has 0 saturated carbocycles. The van der Waals surface area contributed by atoms with Crippen LogP contribution >= 0.6 is 0 Å². The lowest BCUT2D eigenvalue weighted by molar-refractivity contribution is -0.384. The fourth-order valence-electron chi connectivity index (χ4n) is 3.60. The summed E-state index contributed by atoms with van der Waals surface area (Å²) in [4.78, 5) is 15.5. The summed E-state index contributed by atoms with van der Waals surface area (Å²) in [6, 6.07) is 9.67. The zero-order chi connectivity index (χ0) is 21.9. The molecule has 10 heteroatoms. The molecule has 162 valence electrons. The van der Waals surface area contributed by atoms with E-state index in [4.69, 9.17) is 0 Å². The zero-order valence-corrected chi connectivity index (χ0v) is 18.2.